The fraction of sp³-hybridized carbons (Fsp3) is 0.286. The van der Waals surface area contributed by atoms with Gasteiger partial charge in [0.2, 0.25) is 5.89 Å². The molecule has 0 unspecified atom stereocenters. The maximum atomic E-state index is 14.1. The molecule has 10 heteroatoms. The van der Waals surface area contributed by atoms with Crippen molar-refractivity contribution in [2.75, 3.05) is 13.1 Å². The van der Waals surface area contributed by atoms with Crippen molar-refractivity contribution in [3.63, 3.8) is 0 Å². The van der Waals surface area contributed by atoms with Crippen molar-refractivity contribution in [1.29, 1.82) is 0 Å². The van der Waals surface area contributed by atoms with Crippen LogP contribution in [0.5, 0.6) is 0 Å². The summed E-state index contributed by atoms with van der Waals surface area (Å²) in [5, 5.41) is 15.1. The Morgan fingerprint density at radius 1 is 1.23 bits per heavy atom. The number of nitrogens with zero attached hydrogens (tertiary/aromatic N) is 4. The molecule has 2 aromatic carbocycles. The smallest absolute Gasteiger partial charge is 0.270 e. The third-order valence-corrected chi connectivity index (χ3v) is 6.26. The quantitative estimate of drug-likeness (QED) is 0.420. The molecular formula is C21H19FN4O4S. The van der Waals surface area contributed by atoms with Crippen LogP contribution in [0.3, 0.4) is 0 Å². The number of carbonyl (C=O) groups excluding carboxylic acids is 1. The molecule has 0 aliphatic carbocycles. The Morgan fingerprint density at radius 3 is 2.61 bits per heavy atom. The Hall–Kier alpha value is -3.27. The van der Waals surface area contributed by atoms with Crippen LogP contribution in [0.15, 0.2) is 56.8 Å². The molecule has 31 heavy (non-hydrogen) atoms. The zero-order valence-corrected chi connectivity index (χ0v) is 17.5. The number of piperidine rings is 1. The first-order valence-electron chi connectivity index (χ1n) is 9.72. The van der Waals surface area contributed by atoms with E-state index in [-0.39, 0.29) is 23.1 Å². The minimum atomic E-state index is -0.543. The number of likely N-dealkylation sites (tertiary alicyclic amines) is 1. The molecule has 1 amide bonds. The summed E-state index contributed by atoms with van der Waals surface area (Å²) in [6.45, 7) is 2.66. The van der Waals surface area contributed by atoms with E-state index in [1.54, 1.807) is 30.0 Å². The van der Waals surface area contributed by atoms with Crippen molar-refractivity contribution in [1.82, 2.24) is 15.0 Å². The van der Waals surface area contributed by atoms with E-state index in [1.807, 2.05) is 0 Å². The fourth-order valence-corrected chi connectivity index (χ4v) is 4.45. The first-order chi connectivity index (χ1) is 14.9. The van der Waals surface area contributed by atoms with Crippen LogP contribution in [0, 0.1) is 22.9 Å². The van der Waals surface area contributed by atoms with Crippen LogP contribution in [0.2, 0.25) is 0 Å². The third kappa shape index (κ3) is 4.58. The van der Waals surface area contributed by atoms with Crippen LogP contribution in [0.1, 0.15) is 40.8 Å². The Bertz CT molecular complexity index is 1130. The first kappa shape index (κ1) is 21.0. The number of hydrogen-bond donors (Lipinski definition) is 0. The van der Waals surface area contributed by atoms with E-state index in [1.165, 1.54) is 24.3 Å². The molecule has 0 atom stereocenters. The minimum Gasteiger partial charge on any atom is -0.339 e. The number of hydrogen-bond acceptors (Lipinski definition) is 7. The fourth-order valence-electron chi connectivity index (χ4n) is 3.51. The summed E-state index contributed by atoms with van der Waals surface area (Å²) >= 11 is 1.08. The number of halogens is 1. The number of aryl methyl sites for hydroxylation is 1. The Kier molecular flexibility index (Phi) is 5.99. The lowest BCUT2D eigenvalue weighted by Gasteiger charge is -2.30. The molecule has 1 saturated heterocycles. The largest absolute Gasteiger partial charge is 0.339 e. The van der Waals surface area contributed by atoms with Gasteiger partial charge in [-0.3, -0.25) is 14.9 Å². The standard InChI is InChI=1S/C21H19FN4O4S/c1-13-23-20(30-24-13)14-8-10-25(11-9-14)21(27)16-12-15(26(28)29)6-7-18(16)31-19-5-3-2-4-17(19)22/h2-7,12,14H,8-11H2,1H3. The van der Waals surface area contributed by atoms with Gasteiger partial charge in [-0.05, 0) is 38.0 Å². The lowest BCUT2D eigenvalue weighted by molar-refractivity contribution is -0.384. The number of rotatable bonds is 5. The molecular weight excluding hydrogens is 423 g/mol. The number of aromatic nitrogens is 2. The summed E-state index contributed by atoms with van der Waals surface area (Å²) in [4.78, 5) is 30.7. The summed E-state index contributed by atoms with van der Waals surface area (Å²) in [5.41, 5.74) is 0.00647. The van der Waals surface area contributed by atoms with Crippen LogP contribution >= 0.6 is 11.8 Å². The highest BCUT2D eigenvalue weighted by molar-refractivity contribution is 7.99. The van der Waals surface area contributed by atoms with Crippen LogP contribution in [0.4, 0.5) is 10.1 Å². The third-order valence-electron chi connectivity index (χ3n) is 5.14. The van der Waals surface area contributed by atoms with Crippen LogP contribution in [0.25, 0.3) is 0 Å². The second-order valence-corrected chi connectivity index (χ2v) is 8.30. The monoisotopic (exact) mass is 442 g/mol. The number of nitro groups is 1. The second-order valence-electron chi connectivity index (χ2n) is 7.22. The molecule has 2 heterocycles. The summed E-state index contributed by atoms with van der Waals surface area (Å²) in [5.74, 6) is 0.473. The maximum absolute atomic E-state index is 14.1. The zero-order valence-electron chi connectivity index (χ0n) is 16.7. The molecule has 160 valence electrons. The van der Waals surface area contributed by atoms with Gasteiger partial charge >= 0.3 is 0 Å². The zero-order chi connectivity index (χ0) is 22.0. The van der Waals surface area contributed by atoms with Crippen molar-refractivity contribution < 1.29 is 18.6 Å². The van der Waals surface area contributed by atoms with Gasteiger partial charge in [0.05, 0.1) is 10.5 Å². The molecule has 1 fully saturated rings. The van der Waals surface area contributed by atoms with Crippen molar-refractivity contribution >= 4 is 23.4 Å². The highest BCUT2D eigenvalue weighted by Crippen LogP contribution is 2.35. The van der Waals surface area contributed by atoms with Crippen LogP contribution in [-0.2, 0) is 0 Å². The van der Waals surface area contributed by atoms with E-state index >= 15 is 0 Å². The average molecular weight is 442 g/mol. The summed E-state index contributed by atoms with van der Waals surface area (Å²) < 4.78 is 19.4. The van der Waals surface area contributed by atoms with Gasteiger partial charge in [-0.1, -0.05) is 29.1 Å². The van der Waals surface area contributed by atoms with Crippen LogP contribution < -0.4 is 0 Å². The van der Waals surface area contributed by atoms with Gasteiger partial charge in [0, 0.05) is 40.9 Å². The molecule has 4 rings (SSSR count). The molecule has 8 nitrogen and oxygen atoms in total. The molecule has 0 spiro atoms. The maximum Gasteiger partial charge on any atom is 0.270 e. The number of non-ortho nitro benzene ring substituents is 1. The summed E-state index contributed by atoms with van der Waals surface area (Å²) in [7, 11) is 0. The van der Waals surface area contributed by atoms with Crippen molar-refractivity contribution in [3.8, 4) is 0 Å². The average Bonchev–Trinajstić information content (AvgIpc) is 3.21. The number of nitro benzene ring substituents is 1. The van der Waals surface area contributed by atoms with Gasteiger partial charge in [-0.25, -0.2) is 4.39 Å². The molecule has 0 radical (unpaired) electrons. The van der Waals surface area contributed by atoms with Crippen molar-refractivity contribution in [2.45, 2.75) is 35.5 Å². The molecule has 1 aliphatic heterocycles. The topological polar surface area (TPSA) is 102 Å². The van der Waals surface area contributed by atoms with E-state index in [0.717, 1.165) is 11.8 Å². The van der Waals surface area contributed by atoms with E-state index in [9.17, 15) is 19.3 Å². The molecule has 3 aromatic rings. The Labute approximate surface area is 181 Å². The van der Waals surface area contributed by atoms with Gasteiger partial charge < -0.3 is 9.42 Å². The first-order valence-corrected chi connectivity index (χ1v) is 10.5. The van der Waals surface area contributed by atoms with Crippen LogP contribution in [-0.4, -0.2) is 39.0 Å². The molecule has 0 bridgehead atoms. The number of benzene rings is 2. The molecule has 1 aromatic heterocycles. The summed E-state index contributed by atoms with van der Waals surface area (Å²) in [6, 6.07) is 10.3. The van der Waals surface area contributed by atoms with E-state index in [4.69, 9.17) is 4.52 Å². The number of carbonyl (C=O) groups is 1. The van der Waals surface area contributed by atoms with Gasteiger partial charge in [-0.2, -0.15) is 4.98 Å². The minimum absolute atomic E-state index is 0.0719. The molecule has 1 aliphatic rings. The summed E-state index contributed by atoms with van der Waals surface area (Å²) in [6.07, 6.45) is 1.30. The lowest BCUT2D eigenvalue weighted by Crippen LogP contribution is -2.38. The van der Waals surface area contributed by atoms with Gasteiger partial charge in [0.1, 0.15) is 5.82 Å². The van der Waals surface area contributed by atoms with Gasteiger partial charge in [0.25, 0.3) is 11.6 Å². The van der Waals surface area contributed by atoms with E-state index in [0.29, 0.717) is 47.4 Å². The second kappa shape index (κ2) is 8.84. The Morgan fingerprint density at radius 2 is 1.97 bits per heavy atom. The lowest BCUT2D eigenvalue weighted by atomic mass is 9.96. The van der Waals surface area contributed by atoms with Gasteiger partial charge in [0.15, 0.2) is 5.82 Å². The highest BCUT2D eigenvalue weighted by Gasteiger charge is 2.29. The normalized spacial score (nSPS) is 14.6. The van der Waals surface area contributed by atoms with Crippen molar-refractivity contribution in [2.24, 2.45) is 0 Å². The van der Waals surface area contributed by atoms with Crippen molar-refractivity contribution in [3.05, 3.63) is 75.7 Å². The Balaban J connectivity index is 1.57. The van der Waals surface area contributed by atoms with E-state index in [2.05, 4.69) is 10.1 Å². The molecule has 0 saturated carbocycles. The molecule has 0 N–H and O–H groups in total. The SMILES string of the molecule is Cc1noc(C2CCN(C(=O)c3cc([N+](=O)[O-])ccc3Sc3ccccc3F)CC2)n1. The number of amides is 1. The predicted molar refractivity (Wildman–Crippen MR) is 111 cm³/mol. The predicted octanol–water partition coefficient (Wildman–Crippen LogP) is 4.60. The van der Waals surface area contributed by atoms with Gasteiger partial charge in [-0.15, -0.1) is 0 Å². The van der Waals surface area contributed by atoms with E-state index < -0.39 is 10.7 Å². The highest BCUT2D eigenvalue weighted by atomic mass is 32.2.